The molecule has 0 aliphatic heterocycles. The Morgan fingerprint density at radius 3 is 2.82 bits per heavy atom. The molecule has 0 radical (unpaired) electrons. The molecule has 6 heteroatoms. The summed E-state index contributed by atoms with van der Waals surface area (Å²) < 4.78 is 1.93. The Kier molecular flexibility index (Phi) is 3.73. The van der Waals surface area contributed by atoms with Crippen LogP contribution >= 0.6 is 11.6 Å². The van der Waals surface area contributed by atoms with Gasteiger partial charge in [0.2, 0.25) is 5.95 Å². The van der Waals surface area contributed by atoms with Crippen molar-refractivity contribution in [2.45, 2.75) is 13.5 Å². The second kappa shape index (κ2) is 5.69. The van der Waals surface area contributed by atoms with E-state index in [9.17, 15) is 9.90 Å². The van der Waals surface area contributed by atoms with Crippen molar-refractivity contribution in [3.63, 3.8) is 0 Å². The molecule has 2 N–H and O–H groups in total. The van der Waals surface area contributed by atoms with Gasteiger partial charge in [0.05, 0.1) is 16.1 Å². The fourth-order valence-electron chi connectivity index (χ4n) is 2.31. The van der Waals surface area contributed by atoms with Crippen molar-refractivity contribution >= 4 is 34.5 Å². The van der Waals surface area contributed by atoms with E-state index < -0.39 is 0 Å². The number of carbonyl (C=O) groups is 1. The fourth-order valence-corrected chi connectivity index (χ4v) is 2.49. The van der Waals surface area contributed by atoms with Gasteiger partial charge in [0.15, 0.2) is 0 Å². The zero-order chi connectivity index (χ0) is 15.7. The predicted molar refractivity (Wildman–Crippen MR) is 86.5 cm³/mol. The van der Waals surface area contributed by atoms with Crippen LogP contribution in [-0.4, -0.2) is 20.6 Å². The normalized spacial score (nSPS) is 10.8. The summed E-state index contributed by atoms with van der Waals surface area (Å²) in [5.74, 6) is 0.101. The molecule has 22 heavy (non-hydrogen) atoms. The van der Waals surface area contributed by atoms with E-state index in [4.69, 9.17) is 11.6 Å². The minimum Gasteiger partial charge on any atom is -0.506 e. The topological polar surface area (TPSA) is 67.2 Å². The van der Waals surface area contributed by atoms with Crippen molar-refractivity contribution in [3.8, 4) is 5.75 Å². The molecule has 0 spiro atoms. The number of halogens is 1. The van der Waals surface area contributed by atoms with E-state index in [1.54, 1.807) is 0 Å². The maximum Gasteiger partial charge on any atom is 0.258 e. The Morgan fingerprint density at radius 1 is 1.32 bits per heavy atom. The van der Waals surface area contributed by atoms with Crippen LogP contribution in [-0.2, 0) is 6.54 Å². The lowest BCUT2D eigenvalue weighted by molar-refractivity contribution is 0.102. The van der Waals surface area contributed by atoms with Crippen LogP contribution < -0.4 is 5.32 Å². The van der Waals surface area contributed by atoms with Gasteiger partial charge in [-0.1, -0.05) is 23.7 Å². The molecule has 112 valence electrons. The monoisotopic (exact) mass is 315 g/mol. The molecule has 0 saturated carbocycles. The second-order valence-corrected chi connectivity index (χ2v) is 5.20. The highest BCUT2D eigenvalue weighted by molar-refractivity contribution is 6.32. The van der Waals surface area contributed by atoms with Gasteiger partial charge < -0.3 is 9.67 Å². The standard InChI is InChI=1S/C16H14ClN3O2/c1-2-20-13-6-4-3-5-12(13)18-16(20)19-15(22)10-7-8-14(21)11(17)9-10/h3-9,21H,2H2,1H3,(H,18,19,22). The third kappa shape index (κ3) is 2.51. The van der Waals surface area contributed by atoms with Crippen LogP contribution in [0.2, 0.25) is 5.02 Å². The number of aryl methyl sites for hydroxylation is 1. The molecule has 0 aliphatic carbocycles. The number of rotatable bonds is 3. The average molecular weight is 316 g/mol. The molecule has 2 aromatic carbocycles. The molecule has 0 bridgehead atoms. The van der Waals surface area contributed by atoms with E-state index in [0.717, 1.165) is 11.0 Å². The number of amides is 1. The number of carbonyl (C=O) groups excluding carboxylic acids is 1. The molecule has 0 atom stereocenters. The zero-order valence-electron chi connectivity index (χ0n) is 11.9. The largest absolute Gasteiger partial charge is 0.506 e. The number of benzene rings is 2. The zero-order valence-corrected chi connectivity index (χ0v) is 12.6. The number of nitrogens with one attached hydrogen (secondary N) is 1. The summed E-state index contributed by atoms with van der Waals surface area (Å²) in [7, 11) is 0. The smallest absolute Gasteiger partial charge is 0.258 e. The van der Waals surface area contributed by atoms with Crippen LogP contribution in [0.3, 0.4) is 0 Å². The van der Waals surface area contributed by atoms with Crippen molar-refractivity contribution in [3.05, 3.63) is 53.1 Å². The molecule has 0 aliphatic rings. The maximum atomic E-state index is 12.3. The molecule has 0 fully saturated rings. The number of hydrogen-bond donors (Lipinski definition) is 2. The molecule has 3 rings (SSSR count). The summed E-state index contributed by atoms with van der Waals surface area (Å²) >= 11 is 5.83. The van der Waals surface area contributed by atoms with Gasteiger partial charge in [-0.2, -0.15) is 0 Å². The number of imidazole rings is 1. The van der Waals surface area contributed by atoms with Gasteiger partial charge in [-0.25, -0.2) is 4.98 Å². The summed E-state index contributed by atoms with van der Waals surface area (Å²) in [6, 6.07) is 12.0. The van der Waals surface area contributed by atoms with E-state index >= 15 is 0 Å². The van der Waals surface area contributed by atoms with Crippen LogP contribution in [0.25, 0.3) is 11.0 Å². The first-order valence-corrected chi connectivity index (χ1v) is 7.23. The molecule has 5 nitrogen and oxygen atoms in total. The maximum absolute atomic E-state index is 12.3. The molecule has 1 aromatic heterocycles. The number of aromatic nitrogens is 2. The Labute approximate surface area is 132 Å². The first-order chi connectivity index (χ1) is 10.6. The first kappa shape index (κ1) is 14.4. The van der Waals surface area contributed by atoms with E-state index in [2.05, 4.69) is 10.3 Å². The number of phenolic OH excluding ortho intramolecular Hbond substituents is 1. The molecular formula is C16H14ClN3O2. The summed E-state index contributed by atoms with van der Waals surface area (Å²) in [5.41, 5.74) is 2.14. The van der Waals surface area contributed by atoms with Gasteiger partial charge in [-0.15, -0.1) is 0 Å². The Balaban J connectivity index is 1.95. The quantitative estimate of drug-likeness (QED) is 0.775. The highest BCUT2D eigenvalue weighted by Crippen LogP contribution is 2.25. The lowest BCUT2D eigenvalue weighted by Gasteiger charge is -2.08. The van der Waals surface area contributed by atoms with Gasteiger partial charge in [0, 0.05) is 12.1 Å². The average Bonchev–Trinajstić information content (AvgIpc) is 2.86. The van der Waals surface area contributed by atoms with Crippen LogP contribution in [0, 0.1) is 0 Å². The Morgan fingerprint density at radius 2 is 2.09 bits per heavy atom. The minimum atomic E-state index is -0.327. The highest BCUT2D eigenvalue weighted by Gasteiger charge is 2.14. The van der Waals surface area contributed by atoms with E-state index in [1.807, 2.05) is 35.8 Å². The van der Waals surface area contributed by atoms with E-state index in [1.165, 1.54) is 18.2 Å². The lowest BCUT2D eigenvalue weighted by atomic mass is 10.2. The molecular weight excluding hydrogens is 302 g/mol. The van der Waals surface area contributed by atoms with Crippen LogP contribution in [0.15, 0.2) is 42.5 Å². The number of para-hydroxylation sites is 2. The SMILES string of the molecule is CCn1c(NC(=O)c2ccc(O)c(Cl)c2)nc2ccccc21. The van der Waals surface area contributed by atoms with Crippen molar-refractivity contribution in [1.29, 1.82) is 0 Å². The molecule has 0 saturated heterocycles. The van der Waals surface area contributed by atoms with Gasteiger partial charge in [0.25, 0.3) is 5.91 Å². The third-order valence-corrected chi connectivity index (χ3v) is 3.71. The highest BCUT2D eigenvalue weighted by atomic mass is 35.5. The van der Waals surface area contributed by atoms with Crippen LogP contribution in [0.4, 0.5) is 5.95 Å². The predicted octanol–water partition coefficient (Wildman–Crippen LogP) is 3.67. The number of aromatic hydroxyl groups is 1. The van der Waals surface area contributed by atoms with Gasteiger partial charge in [0.1, 0.15) is 5.75 Å². The number of hydrogen-bond acceptors (Lipinski definition) is 3. The first-order valence-electron chi connectivity index (χ1n) is 6.85. The molecule has 1 amide bonds. The Bertz CT molecular complexity index is 858. The van der Waals surface area contributed by atoms with Crippen LogP contribution in [0.5, 0.6) is 5.75 Å². The minimum absolute atomic E-state index is 0.0565. The number of anilines is 1. The van der Waals surface area contributed by atoms with E-state index in [0.29, 0.717) is 18.1 Å². The number of phenols is 1. The molecule has 1 heterocycles. The van der Waals surface area contributed by atoms with Crippen molar-refractivity contribution in [1.82, 2.24) is 9.55 Å². The van der Waals surface area contributed by atoms with Crippen molar-refractivity contribution in [2.24, 2.45) is 0 Å². The third-order valence-electron chi connectivity index (χ3n) is 3.41. The van der Waals surface area contributed by atoms with Crippen LogP contribution in [0.1, 0.15) is 17.3 Å². The summed E-state index contributed by atoms with van der Waals surface area (Å²) in [4.78, 5) is 16.8. The summed E-state index contributed by atoms with van der Waals surface area (Å²) in [5, 5.41) is 12.3. The Hall–Kier alpha value is -2.53. The van der Waals surface area contributed by atoms with Gasteiger partial charge >= 0.3 is 0 Å². The summed E-state index contributed by atoms with van der Waals surface area (Å²) in [6.07, 6.45) is 0. The van der Waals surface area contributed by atoms with Gasteiger partial charge in [-0.05, 0) is 37.3 Å². The second-order valence-electron chi connectivity index (χ2n) is 4.79. The number of fused-ring (bicyclic) bond motifs is 1. The lowest BCUT2D eigenvalue weighted by Crippen LogP contribution is -2.15. The van der Waals surface area contributed by atoms with E-state index in [-0.39, 0.29) is 16.7 Å². The summed E-state index contributed by atoms with van der Waals surface area (Å²) in [6.45, 7) is 2.67. The fraction of sp³-hybridized carbons (Fsp3) is 0.125. The van der Waals surface area contributed by atoms with Crippen molar-refractivity contribution < 1.29 is 9.90 Å². The number of nitrogens with zero attached hydrogens (tertiary/aromatic N) is 2. The molecule has 0 unspecified atom stereocenters. The van der Waals surface area contributed by atoms with Gasteiger partial charge in [-0.3, -0.25) is 10.1 Å². The molecule has 3 aromatic rings. The van der Waals surface area contributed by atoms with Crippen molar-refractivity contribution in [2.75, 3.05) is 5.32 Å².